The van der Waals surface area contributed by atoms with Gasteiger partial charge in [0, 0.05) is 15.4 Å². The summed E-state index contributed by atoms with van der Waals surface area (Å²) in [7, 11) is 0. The summed E-state index contributed by atoms with van der Waals surface area (Å²) in [5.74, 6) is -0.735. The van der Waals surface area contributed by atoms with Gasteiger partial charge in [0.15, 0.2) is 0 Å². The summed E-state index contributed by atoms with van der Waals surface area (Å²) in [6.45, 7) is 0. The Hall–Kier alpha value is -3.00. The molecule has 0 unspecified atom stereocenters. The number of benzene rings is 2. The number of aromatic amines is 1. The van der Waals surface area contributed by atoms with Gasteiger partial charge >= 0.3 is 0 Å². The Bertz CT molecular complexity index is 1170. The third-order valence-corrected chi connectivity index (χ3v) is 4.39. The fraction of sp³-hybridized carbons (Fsp3) is 0. The number of hydrogen-bond donors (Lipinski definition) is 2. The Morgan fingerprint density at radius 3 is 2.80 bits per heavy atom. The number of nitrogens with zero attached hydrogens (tertiary/aromatic N) is 2. The van der Waals surface area contributed by atoms with Crippen LogP contribution in [0.15, 0.2) is 56.3 Å². The topological polar surface area (TPSA) is 92.0 Å². The maximum absolute atomic E-state index is 13.3. The van der Waals surface area contributed by atoms with Crippen molar-refractivity contribution in [3.8, 4) is 28.6 Å². The van der Waals surface area contributed by atoms with Crippen molar-refractivity contribution >= 4 is 26.8 Å². The zero-order valence-corrected chi connectivity index (χ0v) is 14.0. The molecule has 2 heterocycles. The summed E-state index contributed by atoms with van der Waals surface area (Å²) in [6, 6.07) is 10.9. The van der Waals surface area contributed by atoms with Crippen molar-refractivity contribution in [1.29, 1.82) is 0 Å². The monoisotopic (exact) mass is 401 g/mol. The van der Waals surface area contributed by atoms with Gasteiger partial charge in [-0.15, -0.1) is 0 Å². The van der Waals surface area contributed by atoms with E-state index in [0.717, 1.165) is 10.5 Å². The number of aromatic hydroxyl groups is 1. The smallest absolute Gasteiger partial charge is 0.267 e. The van der Waals surface area contributed by atoms with E-state index in [1.807, 2.05) is 18.2 Å². The minimum Gasteiger partial charge on any atom is -0.506 e. The summed E-state index contributed by atoms with van der Waals surface area (Å²) in [4.78, 5) is 19.0. The van der Waals surface area contributed by atoms with E-state index in [4.69, 9.17) is 4.52 Å². The van der Waals surface area contributed by atoms with Gasteiger partial charge in [0.2, 0.25) is 5.82 Å². The van der Waals surface area contributed by atoms with Crippen molar-refractivity contribution in [2.75, 3.05) is 0 Å². The van der Waals surface area contributed by atoms with E-state index in [1.165, 1.54) is 12.1 Å². The highest BCUT2D eigenvalue weighted by atomic mass is 79.9. The van der Waals surface area contributed by atoms with Crippen LogP contribution in [0.3, 0.4) is 0 Å². The summed E-state index contributed by atoms with van der Waals surface area (Å²) >= 11 is 3.39. The first kappa shape index (κ1) is 15.5. The zero-order chi connectivity index (χ0) is 17.6. The van der Waals surface area contributed by atoms with Crippen LogP contribution in [0.25, 0.3) is 33.7 Å². The fourth-order valence-corrected chi connectivity index (χ4v) is 2.99. The fourth-order valence-electron chi connectivity index (χ4n) is 2.53. The predicted molar refractivity (Wildman–Crippen MR) is 92.6 cm³/mol. The van der Waals surface area contributed by atoms with E-state index in [0.29, 0.717) is 5.56 Å². The quantitative estimate of drug-likeness (QED) is 0.532. The molecule has 0 saturated carbocycles. The number of halogens is 2. The molecule has 25 heavy (non-hydrogen) atoms. The van der Waals surface area contributed by atoms with Gasteiger partial charge in [-0.3, -0.25) is 4.79 Å². The second-order valence-corrected chi connectivity index (χ2v) is 6.12. The second kappa shape index (κ2) is 5.82. The van der Waals surface area contributed by atoms with Crippen molar-refractivity contribution in [2.24, 2.45) is 0 Å². The van der Waals surface area contributed by atoms with Crippen LogP contribution in [0.5, 0.6) is 5.75 Å². The van der Waals surface area contributed by atoms with Crippen molar-refractivity contribution in [1.82, 2.24) is 15.1 Å². The van der Waals surface area contributed by atoms with Crippen LogP contribution in [0.2, 0.25) is 0 Å². The zero-order valence-electron chi connectivity index (χ0n) is 12.5. The maximum atomic E-state index is 13.3. The van der Waals surface area contributed by atoms with Crippen LogP contribution in [0.4, 0.5) is 4.39 Å². The lowest BCUT2D eigenvalue weighted by molar-refractivity contribution is 0.426. The highest BCUT2D eigenvalue weighted by Gasteiger charge is 2.21. The Kier molecular flexibility index (Phi) is 3.61. The van der Waals surface area contributed by atoms with Crippen LogP contribution >= 0.6 is 15.9 Å². The molecule has 0 atom stereocenters. The lowest BCUT2D eigenvalue weighted by Crippen LogP contribution is -2.09. The summed E-state index contributed by atoms with van der Waals surface area (Å²) < 4.78 is 19.2. The predicted octanol–water partition coefficient (Wildman–Crippen LogP) is 3.85. The molecule has 124 valence electrons. The molecular weight excluding hydrogens is 393 g/mol. The van der Waals surface area contributed by atoms with E-state index < -0.39 is 11.4 Å². The lowest BCUT2D eigenvalue weighted by Gasteiger charge is -2.04. The highest BCUT2D eigenvalue weighted by molar-refractivity contribution is 9.10. The molecule has 0 saturated heterocycles. The third-order valence-electron chi connectivity index (χ3n) is 3.70. The normalized spacial score (nSPS) is 11.1. The van der Waals surface area contributed by atoms with Crippen LogP contribution in [0.1, 0.15) is 0 Å². The largest absolute Gasteiger partial charge is 0.506 e. The van der Waals surface area contributed by atoms with E-state index >= 15 is 0 Å². The standard InChI is InChI=1S/C17H9BrFN3O3/c18-11-4-2-1-3-9(11)15-21-17(25-22-15)13-14(23)10-6-5-8(19)7-12(10)20-16(13)24/h1-7H,(H2,20,23,24). The first-order chi connectivity index (χ1) is 12.0. The number of nitrogens with one attached hydrogen (secondary N) is 1. The Morgan fingerprint density at radius 2 is 2.00 bits per heavy atom. The maximum Gasteiger partial charge on any atom is 0.267 e. The number of aromatic nitrogens is 3. The summed E-state index contributed by atoms with van der Waals surface area (Å²) in [5.41, 5.74) is 0.0379. The molecule has 8 heteroatoms. The number of rotatable bonds is 2. The van der Waals surface area contributed by atoms with Crippen molar-refractivity contribution in [3.63, 3.8) is 0 Å². The number of H-pyrrole nitrogens is 1. The molecule has 0 aliphatic rings. The molecule has 2 N–H and O–H groups in total. The van der Waals surface area contributed by atoms with Gasteiger partial charge in [-0.25, -0.2) is 4.39 Å². The molecule has 4 aromatic rings. The van der Waals surface area contributed by atoms with Gasteiger partial charge in [0.25, 0.3) is 11.4 Å². The van der Waals surface area contributed by atoms with Crippen LogP contribution in [-0.2, 0) is 0 Å². The van der Waals surface area contributed by atoms with Gasteiger partial charge in [-0.1, -0.05) is 33.2 Å². The number of fused-ring (bicyclic) bond motifs is 1. The van der Waals surface area contributed by atoms with E-state index in [-0.39, 0.29) is 33.9 Å². The number of pyridine rings is 1. The Morgan fingerprint density at radius 1 is 1.20 bits per heavy atom. The first-order valence-electron chi connectivity index (χ1n) is 7.18. The lowest BCUT2D eigenvalue weighted by atomic mass is 10.1. The first-order valence-corrected chi connectivity index (χ1v) is 7.97. The molecule has 2 aromatic heterocycles. The molecule has 0 bridgehead atoms. The van der Waals surface area contributed by atoms with Crippen LogP contribution in [-0.4, -0.2) is 20.2 Å². The van der Waals surface area contributed by atoms with Gasteiger partial charge in [0.05, 0.1) is 5.52 Å². The Labute approximate surface area is 148 Å². The van der Waals surface area contributed by atoms with Gasteiger partial charge in [-0.2, -0.15) is 4.98 Å². The summed E-state index contributed by atoms with van der Waals surface area (Å²) in [5, 5.41) is 14.6. The van der Waals surface area contributed by atoms with E-state index in [2.05, 4.69) is 31.1 Å². The molecule has 0 fully saturated rings. The van der Waals surface area contributed by atoms with Gasteiger partial charge < -0.3 is 14.6 Å². The molecule has 2 aromatic carbocycles. The molecule has 4 rings (SSSR count). The molecule has 0 spiro atoms. The van der Waals surface area contributed by atoms with E-state index in [1.54, 1.807) is 6.07 Å². The van der Waals surface area contributed by atoms with Crippen molar-refractivity contribution in [3.05, 3.63) is 63.1 Å². The molecule has 0 radical (unpaired) electrons. The average Bonchev–Trinajstić information content (AvgIpc) is 3.04. The molecule has 0 aliphatic carbocycles. The molecular formula is C17H9BrFN3O3. The Balaban J connectivity index is 1.90. The third kappa shape index (κ3) is 2.60. The van der Waals surface area contributed by atoms with E-state index in [9.17, 15) is 14.3 Å². The minimum absolute atomic E-state index is 0.129. The SMILES string of the molecule is O=c1[nH]c2cc(F)ccc2c(O)c1-c1nc(-c2ccccc2Br)no1. The average molecular weight is 402 g/mol. The van der Waals surface area contributed by atoms with Crippen LogP contribution < -0.4 is 5.56 Å². The second-order valence-electron chi connectivity index (χ2n) is 5.27. The number of hydrogen-bond acceptors (Lipinski definition) is 5. The summed E-state index contributed by atoms with van der Waals surface area (Å²) in [6.07, 6.45) is 0. The minimum atomic E-state index is -0.655. The van der Waals surface area contributed by atoms with Crippen LogP contribution in [0, 0.1) is 5.82 Å². The highest BCUT2D eigenvalue weighted by Crippen LogP contribution is 2.33. The van der Waals surface area contributed by atoms with Crippen molar-refractivity contribution < 1.29 is 14.0 Å². The molecule has 6 nitrogen and oxygen atoms in total. The van der Waals surface area contributed by atoms with Gasteiger partial charge in [-0.05, 0) is 30.3 Å². The molecule has 0 aliphatic heterocycles. The molecule has 0 amide bonds. The van der Waals surface area contributed by atoms with Gasteiger partial charge in [0.1, 0.15) is 17.1 Å². The van der Waals surface area contributed by atoms with Crippen molar-refractivity contribution in [2.45, 2.75) is 0 Å².